The van der Waals surface area contributed by atoms with Gasteiger partial charge in [-0.3, -0.25) is 0 Å². The van der Waals surface area contributed by atoms with Crippen LogP contribution in [0.2, 0.25) is 0 Å². The van der Waals surface area contributed by atoms with Crippen LogP contribution in [0.5, 0.6) is 0 Å². The van der Waals surface area contributed by atoms with Crippen LogP contribution in [0.4, 0.5) is 8.78 Å². The van der Waals surface area contributed by atoms with E-state index >= 15 is 0 Å². The molecule has 2 aromatic rings. The molecule has 0 aliphatic heterocycles. The molecular weight excluding hydrogens is 370 g/mol. The molecule has 0 spiro atoms. The third-order valence-electron chi connectivity index (χ3n) is 4.25. The summed E-state index contributed by atoms with van der Waals surface area (Å²) < 4.78 is 26.6. The predicted molar refractivity (Wildman–Crippen MR) is 102 cm³/mol. The van der Waals surface area contributed by atoms with E-state index in [4.69, 9.17) is 0 Å². The van der Waals surface area contributed by atoms with Crippen molar-refractivity contribution < 1.29 is 34.3 Å². The lowest BCUT2D eigenvalue weighted by atomic mass is 10.0. The molecule has 7 heteroatoms. The zero-order valence-corrected chi connectivity index (χ0v) is 15.3. The molecule has 3 atom stereocenters. The zero-order chi connectivity index (χ0) is 21.0. The van der Waals surface area contributed by atoms with Crippen molar-refractivity contribution in [1.82, 2.24) is 0 Å². The summed E-state index contributed by atoms with van der Waals surface area (Å²) in [6.07, 6.45) is -3.55. The molecular formula is C21H22F2O5. The second-order valence-corrected chi connectivity index (χ2v) is 6.54. The van der Waals surface area contributed by atoms with E-state index in [1.807, 2.05) is 0 Å². The fourth-order valence-corrected chi connectivity index (χ4v) is 2.55. The van der Waals surface area contributed by atoms with Gasteiger partial charge < -0.3 is 25.5 Å². The topological polar surface area (TPSA) is 101 Å². The number of rotatable bonds is 6. The van der Waals surface area contributed by atoms with Gasteiger partial charge in [-0.2, -0.15) is 0 Å². The first-order valence-electron chi connectivity index (χ1n) is 8.47. The number of benzene rings is 2. The summed E-state index contributed by atoms with van der Waals surface area (Å²) >= 11 is 0. The molecule has 0 aliphatic carbocycles. The lowest BCUT2D eigenvalue weighted by Crippen LogP contribution is -2.39. The Morgan fingerprint density at radius 3 is 1.43 bits per heavy atom. The Hall–Kier alpha value is -2.74. The molecule has 0 saturated carbocycles. The Morgan fingerprint density at radius 2 is 1.11 bits per heavy atom. The minimum absolute atomic E-state index is 0.326. The quantitative estimate of drug-likeness (QED) is 0.486. The van der Waals surface area contributed by atoms with Crippen molar-refractivity contribution >= 4 is 12.2 Å². The monoisotopic (exact) mass is 392 g/mol. The molecule has 28 heavy (non-hydrogen) atoms. The predicted octanol–water partition coefficient (Wildman–Crippen LogP) is 3.16. The van der Waals surface area contributed by atoms with Crippen LogP contribution >= 0.6 is 0 Å². The van der Waals surface area contributed by atoms with E-state index < -0.39 is 41.5 Å². The summed E-state index contributed by atoms with van der Waals surface area (Å²) in [5.41, 5.74) is 1.40. The molecule has 0 radical (unpaired) electrons. The van der Waals surface area contributed by atoms with Gasteiger partial charge in [-0.25, -0.2) is 8.78 Å². The van der Waals surface area contributed by atoms with Gasteiger partial charge in [0.05, 0.1) is 0 Å². The van der Waals surface area contributed by atoms with Crippen molar-refractivity contribution in [3.05, 3.63) is 81.8 Å². The normalized spacial score (nSPS) is 16.0. The molecule has 150 valence electrons. The standard InChI is InChI=1S/C21H22F2O5/c1-11-7-13(3-5-15(11)22)9-17(24)19(26)21(28)20(27)18(25)10-14-4-6-16(23)12(2)8-14/h3-10,19-21,24-28H,1-2H3/t19-,20+,21?. The van der Waals surface area contributed by atoms with Crippen molar-refractivity contribution in [2.24, 2.45) is 0 Å². The Balaban J connectivity index is 2.16. The van der Waals surface area contributed by atoms with Gasteiger partial charge in [0.25, 0.3) is 0 Å². The van der Waals surface area contributed by atoms with Crippen LogP contribution in [0, 0.1) is 25.5 Å². The largest absolute Gasteiger partial charge is 0.509 e. The Kier molecular flexibility index (Phi) is 6.90. The van der Waals surface area contributed by atoms with E-state index in [1.165, 1.54) is 50.2 Å². The summed E-state index contributed by atoms with van der Waals surface area (Å²) in [5, 5.41) is 50.1. The highest BCUT2D eigenvalue weighted by atomic mass is 19.1. The maximum atomic E-state index is 13.3. The lowest BCUT2D eigenvalue weighted by Gasteiger charge is -2.22. The van der Waals surface area contributed by atoms with E-state index in [1.54, 1.807) is 0 Å². The minimum atomic E-state index is -1.95. The van der Waals surface area contributed by atoms with Crippen LogP contribution in [0.3, 0.4) is 0 Å². The van der Waals surface area contributed by atoms with Gasteiger partial charge in [0.1, 0.15) is 41.5 Å². The van der Waals surface area contributed by atoms with E-state index in [-0.39, 0.29) is 0 Å². The highest BCUT2D eigenvalue weighted by Crippen LogP contribution is 2.19. The van der Waals surface area contributed by atoms with E-state index in [0.29, 0.717) is 22.3 Å². The van der Waals surface area contributed by atoms with Crippen LogP contribution in [-0.2, 0) is 0 Å². The number of aliphatic hydroxyl groups is 5. The number of hydrogen-bond acceptors (Lipinski definition) is 5. The van der Waals surface area contributed by atoms with E-state index in [0.717, 1.165) is 12.2 Å². The van der Waals surface area contributed by atoms with Gasteiger partial charge >= 0.3 is 0 Å². The Bertz CT molecular complexity index is 834. The Labute approximate surface area is 161 Å². The third-order valence-corrected chi connectivity index (χ3v) is 4.25. The number of hydrogen-bond donors (Lipinski definition) is 5. The summed E-state index contributed by atoms with van der Waals surface area (Å²) in [4.78, 5) is 0. The first-order valence-corrected chi connectivity index (χ1v) is 8.47. The average Bonchev–Trinajstić information content (AvgIpc) is 2.65. The maximum absolute atomic E-state index is 13.3. The molecule has 2 aromatic carbocycles. The first kappa shape index (κ1) is 21.6. The average molecular weight is 392 g/mol. The summed E-state index contributed by atoms with van der Waals surface area (Å²) in [6.45, 7) is 3.05. The molecule has 0 amide bonds. The molecule has 0 aliphatic rings. The molecule has 2 rings (SSSR count). The summed E-state index contributed by atoms with van der Waals surface area (Å²) in [7, 11) is 0. The van der Waals surface area contributed by atoms with Gasteiger partial charge in [-0.1, -0.05) is 12.1 Å². The smallest absolute Gasteiger partial charge is 0.140 e. The van der Waals surface area contributed by atoms with Crippen LogP contribution in [0.1, 0.15) is 22.3 Å². The van der Waals surface area contributed by atoms with Gasteiger partial charge in [0.2, 0.25) is 0 Å². The molecule has 0 aromatic heterocycles. The molecule has 0 fully saturated rings. The summed E-state index contributed by atoms with van der Waals surface area (Å²) in [5.74, 6) is -2.22. The van der Waals surface area contributed by atoms with Gasteiger partial charge in [-0.15, -0.1) is 0 Å². The Morgan fingerprint density at radius 1 is 0.750 bits per heavy atom. The van der Waals surface area contributed by atoms with E-state index in [2.05, 4.69) is 0 Å². The SMILES string of the molecule is Cc1cc(C=C(O)[C@@H](O)C(O)[C@@H](O)C(O)=Cc2ccc(F)c(C)c2)ccc1F. The second kappa shape index (κ2) is 8.97. The summed E-state index contributed by atoms with van der Waals surface area (Å²) in [6, 6.07) is 7.95. The van der Waals surface area contributed by atoms with Crippen LogP contribution in [0.15, 0.2) is 47.9 Å². The van der Waals surface area contributed by atoms with Crippen molar-refractivity contribution in [3.8, 4) is 0 Å². The first-order chi connectivity index (χ1) is 13.1. The van der Waals surface area contributed by atoms with Crippen molar-refractivity contribution in [2.45, 2.75) is 32.2 Å². The van der Waals surface area contributed by atoms with Crippen molar-refractivity contribution in [1.29, 1.82) is 0 Å². The third kappa shape index (κ3) is 5.16. The fraction of sp³-hybridized carbons (Fsp3) is 0.238. The minimum Gasteiger partial charge on any atom is -0.509 e. The van der Waals surface area contributed by atoms with Crippen LogP contribution in [0.25, 0.3) is 12.2 Å². The van der Waals surface area contributed by atoms with Crippen LogP contribution in [-0.4, -0.2) is 43.8 Å². The molecule has 5 N–H and O–H groups in total. The van der Waals surface area contributed by atoms with Crippen molar-refractivity contribution in [3.63, 3.8) is 0 Å². The van der Waals surface area contributed by atoms with Gasteiger partial charge in [-0.05, 0) is 72.5 Å². The molecule has 5 nitrogen and oxygen atoms in total. The highest BCUT2D eigenvalue weighted by Gasteiger charge is 2.30. The molecule has 0 bridgehead atoms. The molecule has 1 unspecified atom stereocenters. The zero-order valence-electron chi connectivity index (χ0n) is 15.3. The van der Waals surface area contributed by atoms with Crippen LogP contribution < -0.4 is 0 Å². The van der Waals surface area contributed by atoms with Crippen molar-refractivity contribution in [2.75, 3.05) is 0 Å². The molecule has 0 saturated heterocycles. The number of halogens is 2. The number of aliphatic hydroxyl groups excluding tert-OH is 5. The number of aryl methyl sites for hydroxylation is 2. The van der Waals surface area contributed by atoms with Gasteiger partial charge in [0.15, 0.2) is 0 Å². The molecule has 0 heterocycles. The fourth-order valence-electron chi connectivity index (χ4n) is 2.55. The lowest BCUT2D eigenvalue weighted by molar-refractivity contribution is -0.0540. The van der Waals surface area contributed by atoms with E-state index in [9.17, 15) is 34.3 Å². The maximum Gasteiger partial charge on any atom is 0.140 e. The van der Waals surface area contributed by atoms with Gasteiger partial charge in [0, 0.05) is 0 Å². The highest BCUT2D eigenvalue weighted by molar-refractivity contribution is 5.54. The second-order valence-electron chi connectivity index (χ2n) is 6.54.